The minimum absolute atomic E-state index is 0.0675. The second-order valence-corrected chi connectivity index (χ2v) is 5.95. The molecule has 0 amide bonds. The Kier molecular flexibility index (Phi) is 6.18. The van der Waals surface area contributed by atoms with Crippen molar-refractivity contribution in [2.45, 2.75) is 57.7 Å². The lowest BCUT2D eigenvalue weighted by Crippen LogP contribution is -2.45. The zero-order valence-corrected chi connectivity index (χ0v) is 13.0. The first-order valence-electron chi connectivity index (χ1n) is 7.67. The number of ether oxygens (including phenoxy) is 3. The van der Waals surface area contributed by atoms with E-state index in [1.807, 2.05) is 32.0 Å². The zero-order valence-electron chi connectivity index (χ0n) is 13.0. The number of rotatable bonds is 7. The summed E-state index contributed by atoms with van der Waals surface area (Å²) in [5.74, 6) is -0.581. The van der Waals surface area contributed by atoms with Crippen LogP contribution in [0.3, 0.4) is 0 Å². The molecule has 1 aliphatic rings. The molecule has 1 N–H and O–H groups in total. The van der Waals surface area contributed by atoms with E-state index >= 15 is 0 Å². The summed E-state index contributed by atoms with van der Waals surface area (Å²) in [6.07, 6.45) is 2.52. The largest absolute Gasteiger partial charge is 0.396 e. The van der Waals surface area contributed by atoms with E-state index in [0.717, 1.165) is 12.8 Å². The molecule has 0 aromatic heterocycles. The van der Waals surface area contributed by atoms with Crippen LogP contribution in [0.4, 0.5) is 0 Å². The highest BCUT2D eigenvalue weighted by Gasteiger charge is 2.34. The van der Waals surface area contributed by atoms with Crippen molar-refractivity contribution in [3.63, 3.8) is 0 Å². The van der Waals surface area contributed by atoms with Crippen LogP contribution in [0.1, 0.15) is 38.7 Å². The number of hydrogen-bond donors (Lipinski definition) is 1. The van der Waals surface area contributed by atoms with Gasteiger partial charge in [0.05, 0.1) is 18.8 Å². The highest BCUT2D eigenvalue weighted by Crippen LogP contribution is 2.29. The molecular formula is C17H26O4. The van der Waals surface area contributed by atoms with E-state index in [9.17, 15) is 0 Å². The van der Waals surface area contributed by atoms with Gasteiger partial charge in [-0.2, -0.15) is 0 Å². The van der Waals surface area contributed by atoms with Crippen LogP contribution in [-0.2, 0) is 20.8 Å². The smallest absolute Gasteiger partial charge is 0.163 e. The molecule has 118 valence electrons. The third-order valence-electron chi connectivity index (χ3n) is 3.57. The van der Waals surface area contributed by atoms with E-state index in [1.54, 1.807) is 0 Å². The molecule has 4 nitrogen and oxygen atoms in total. The molecule has 1 aliphatic heterocycles. The van der Waals surface area contributed by atoms with Crippen LogP contribution >= 0.6 is 0 Å². The van der Waals surface area contributed by atoms with Crippen molar-refractivity contribution in [1.82, 2.24) is 0 Å². The summed E-state index contributed by atoms with van der Waals surface area (Å²) in [5.41, 5.74) is 1.18. The first kappa shape index (κ1) is 16.4. The Bertz CT molecular complexity index is 405. The third kappa shape index (κ3) is 5.75. The summed E-state index contributed by atoms with van der Waals surface area (Å²) in [6.45, 7) is 5.30. The van der Waals surface area contributed by atoms with Crippen molar-refractivity contribution in [2.24, 2.45) is 0 Å². The molecule has 0 spiro atoms. The van der Waals surface area contributed by atoms with Gasteiger partial charge in [-0.25, -0.2) is 0 Å². The van der Waals surface area contributed by atoms with E-state index in [0.29, 0.717) is 19.6 Å². The van der Waals surface area contributed by atoms with Crippen LogP contribution in [-0.4, -0.2) is 36.3 Å². The van der Waals surface area contributed by atoms with E-state index in [-0.39, 0.29) is 18.8 Å². The first-order valence-corrected chi connectivity index (χ1v) is 7.67. The molecule has 1 heterocycles. The topological polar surface area (TPSA) is 47.9 Å². The number of aliphatic hydroxyl groups excluding tert-OH is 1. The minimum atomic E-state index is -0.581. The lowest BCUT2D eigenvalue weighted by atomic mass is 10.0. The molecule has 1 saturated heterocycles. The highest BCUT2D eigenvalue weighted by atomic mass is 16.7. The molecule has 1 aromatic rings. The molecule has 4 heteroatoms. The van der Waals surface area contributed by atoms with Gasteiger partial charge in [0.15, 0.2) is 5.79 Å². The lowest BCUT2D eigenvalue weighted by Gasteiger charge is -2.40. The Morgan fingerprint density at radius 1 is 1.14 bits per heavy atom. The van der Waals surface area contributed by atoms with Gasteiger partial charge in [0.2, 0.25) is 0 Å². The zero-order chi connectivity index (χ0) is 15.1. The van der Waals surface area contributed by atoms with Gasteiger partial charge >= 0.3 is 0 Å². The molecule has 0 radical (unpaired) electrons. The summed E-state index contributed by atoms with van der Waals surface area (Å²) in [4.78, 5) is 0. The van der Waals surface area contributed by atoms with Crippen LogP contribution in [0, 0.1) is 0 Å². The average molecular weight is 294 g/mol. The first-order chi connectivity index (χ1) is 10.1. The molecular weight excluding hydrogens is 268 g/mol. The number of aliphatic hydroxyl groups is 1. The lowest BCUT2D eigenvalue weighted by molar-refractivity contribution is -0.302. The van der Waals surface area contributed by atoms with Crippen LogP contribution in [0.25, 0.3) is 0 Å². The van der Waals surface area contributed by atoms with Gasteiger partial charge in [0.1, 0.15) is 0 Å². The summed E-state index contributed by atoms with van der Waals surface area (Å²) < 4.78 is 17.4. The maximum absolute atomic E-state index is 9.07. The van der Waals surface area contributed by atoms with Gasteiger partial charge < -0.3 is 19.3 Å². The molecule has 1 aromatic carbocycles. The second-order valence-electron chi connectivity index (χ2n) is 5.95. The number of benzene rings is 1. The van der Waals surface area contributed by atoms with Crippen molar-refractivity contribution >= 4 is 0 Å². The Labute approximate surface area is 127 Å². The molecule has 21 heavy (non-hydrogen) atoms. The Balaban J connectivity index is 1.71. The van der Waals surface area contributed by atoms with Crippen LogP contribution < -0.4 is 0 Å². The molecule has 0 saturated carbocycles. The second kappa shape index (κ2) is 7.90. The molecule has 0 bridgehead atoms. The van der Waals surface area contributed by atoms with Gasteiger partial charge in [-0.1, -0.05) is 30.3 Å². The normalized spacial score (nSPS) is 24.9. The van der Waals surface area contributed by atoms with Gasteiger partial charge in [-0.05, 0) is 32.3 Å². The summed E-state index contributed by atoms with van der Waals surface area (Å²) in [6, 6.07) is 10.2. The average Bonchev–Trinajstić information content (AvgIpc) is 2.43. The summed E-state index contributed by atoms with van der Waals surface area (Å²) in [5, 5.41) is 9.07. The molecule has 1 fully saturated rings. The molecule has 0 aliphatic carbocycles. The maximum atomic E-state index is 9.07. The summed E-state index contributed by atoms with van der Waals surface area (Å²) >= 11 is 0. The van der Waals surface area contributed by atoms with E-state index in [4.69, 9.17) is 19.3 Å². The fraction of sp³-hybridized carbons (Fsp3) is 0.647. The monoisotopic (exact) mass is 294 g/mol. The van der Waals surface area contributed by atoms with Gasteiger partial charge in [-0.15, -0.1) is 0 Å². The van der Waals surface area contributed by atoms with E-state index < -0.39 is 5.79 Å². The minimum Gasteiger partial charge on any atom is -0.396 e. The standard InChI is InChI=1S/C17H26O4/c1-17(2)20-15(8-10-18)12-16(21-17)9-11-19-13-14-6-4-3-5-7-14/h3-7,15-16,18H,8-13H2,1-2H3/t15-,16+/m0/s1. The highest BCUT2D eigenvalue weighted by molar-refractivity contribution is 5.13. The maximum Gasteiger partial charge on any atom is 0.163 e. The Hall–Kier alpha value is -0.940. The van der Waals surface area contributed by atoms with Crippen molar-refractivity contribution in [3.8, 4) is 0 Å². The molecule has 2 rings (SSSR count). The fourth-order valence-electron chi connectivity index (χ4n) is 2.70. The van der Waals surface area contributed by atoms with E-state index in [1.165, 1.54) is 5.56 Å². The van der Waals surface area contributed by atoms with Crippen molar-refractivity contribution in [3.05, 3.63) is 35.9 Å². The van der Waals surface area contributed by atoms with Gasteiger partial charge in [-0.3, -0.25) is 0 Å². The number of hydrogen-bond acceptors (Lipinski definition) is 4. The van der Waals surface area contributed by atoms with Crippen molar-refractivity contribution < 1.29 is 19.3 Å². The van der Waals surface area contributed by atoms with Crippen molar-refractivity contribution in [1.29, 1.82) is 0 Å². The SMILES string of the molecule is CC1(C)O[C@H](CCOCc2ccccc2)C[C@H](CCO)O1. The van der Waals surface area contributed by atoms with Crippen LogP contribution in [0.2, 0.25) is 0 Å². The molecule has 0 unspecified atom stereocenters. The fourth-order valence-corrected chi connectivity index (χ4v) is 2.70. The van der Waals surface area contributed by atoms with Gasteiger partial charge in [0, 0.05) is 19.6 Å². The Morgan fingerprint density at radius 2 is 1.81 bits per heavy atom. The Morgan fingerprint density at radius 3 is 2.48 bits per heavy atom. The van der Waals surface area contributed by atoms with E-state index in [2.05, 4.69) is 12.1 Å². The predicted molar refractivity (Wildman–Crippen MR) is 80.9 cm³/mol. The van der Waals surface area contributed by atoms with Crippen LogP contribution in [0.5, 0.6) is 0 Å². The van der Waals surface area contributed by atoms with Crippen molar-refractivity contribution in [2.75, 3.05) is 13.2 Å². The molecule has 2 atom stereocenters. The predicted octanol–water partition coefficient (Wildman–Crippen LogP) is 2.89. The third-order valence-corrected chi connectivity index (χ3v) is 3.57. The van der Waals surface area contributed by atoms with Gasteiger partial charge in [0.25, 0.3) is 0 Å². The van der Waals surface area contributed by atoms with Crippen LogP contribution in [0.15, 0.2) is 30.3 Å². The summed E-state index contributed by atoms with van der Waals surface area (Å²) in [7, 11) is 0. The quantitative estimate of drug-likeness (QED) is 0.786.